The number of hydrogen-bond acceptors (Lipinski definition) is 9. The van der Waals surface area contributed by atoms with Crippen LogP contribution in [0.4, 0.5) is 0 Å². The van der Waals surface area contributed by atoms with Crippen LogP contribution in [0.25, 0.3) is 39.4 Å². The fourth-order valence-corrected chi connectivity index (χ4v) is 7.87. The molecule has 0 spiro atoms. The molecule has 232 valence electrons. The fraction of sp³-hybridized carbons (Fsp3) is 0.182. The van der Waals surface area contributed by atoms with Gasteiger partial charge in [-0.2, -0.15) is 18.9 Å². The molecule has 3 aromatic heterocycles. The molecule has 7 rings (SSSR count). The molecule has 46 heavy (non-hydrogen) atoms. The first-order chi connectivity index (χ1) is 22.3. The fourth-order valence-electron chi connectivity index (χ4n) is 5.45. The highest BCUT2D eigenvalue weighted by Crippen LogP contribution is 2.29. The van der Waals surface area contributed by atoms with Crippen molar-refractivity contribution in [1.29, 1.82) is 0 Å². The van der Waals surface area contributed by atoms with Gasteiger partial charge in [-0.3, -0.25) is 9.59 Å². The van der Waals surface area contributed by atoms with E-state index < -0.39 is 16.0 Å². The SMILES string of the molecule is CC(=O)Oc1ccccc1-c1nc2s/c(=C\c3cn(-c4ccccc4)nc3-c3ccc(S(=O)(=O)N4CCCCC4)cc3)c(=O)n2n1. The molecule has 0 aliphatic carbocycles. The predicted octanol–water partition coefficient (Wildman–Crippen LogP) is 4.32. The maximum Gasteiger partial charge on any atom is 0.308 e. The average Bonchev–Trinajstić information content (AvgIpc) is 3.77. The average molecular weight is 653 g/mol. The summed E-state index contributed by atoms with van der Waals surface area (Å²) in [7, 11) is -3.58. The summed E-state index contributed by atoms with van der Waals surface area (Å²) in [6.45, 7) is 2.37. The van der Waals surface area contributed by atoms with Gasteiger partial charge in [0, 0.05) is 37.3 Å². The number of thiazole rings is 1. The number of carbonyl (C=O) groups excluding carboxylic acids is 1. The van der Waals surface area contributed by atoms with Crippen LogP contribution in [0.15, 0.2) is 94.7 Å². The van der Waals surface area contributed by atoms with Gasteiger partial charge in [-0.25, -0.2) is 13.1 Å². The number of benzene rings is 3. The molecule has 1 aliphatic heterocycles. The Balaban J connectivity index is 1.29. The van der Waals surface area contributed by atoms with Gasteiger partial charge >= 0.3 is 5.97 Å². The van der Waals surface area contributed by atoms with E-state index in [4.69, 9.17) is 9.84 Å². The van der Waals surface area contributed by atoms with Gasteiger partial charge in [0.05, 0.1) is 26.4 Å². The molecule has 3 aromatic carbocycles. The predicted molar refractivity (Wildman–Crippen MR) is 174 cm³/mol. The van der Waals surface area contributed by atoms with Crippen molar-refractivity contribution in [2.45, 2.75) is 31.1 Å². The van der Waals surface area contributed by atoms with Gasteiger partial charge < -0.3 is 4.74 Å². The number of fused-ring (bicyclic) bond motifs is 1. The molecular formula is C33H28N6O5S2. The Morgan fingerprint density at radius 1 is 0.913 bits per heavy atom. The molecule has 0 atom stereocenters. The van der Waals surface area contributed by atoms with E-state index in [0.29, 0.717) is 50.7 Å². The Labute approximate surface area is 268 Å². The van der Waals surface area contributed by atoms with E-state index >= 15 is 0 Å². The molecule has 0 saturated carbocycles. The minimum absolute atomic E-state index is 0.240. The molecule has 13 heteroatoms. The summed E-state index contributed by atoms with van der Waals surface area (Å²) in [5.41, 5.74) is 2.92. The van der Waals surface area contributed by atoms with Crippen molar-refractivity contribution in [3.05, 3.63) is 106 Å². The number of sulfonamides is 1. The molecule has 1 saturated heterocycles. The summed E-state index contributed by atoms with van der Waals surface area (Å²) in [6, 6.07) is 23.2. The van der Waals surface area contributed by atoms with Crippen LogP contribution in [-0.4, -0.2) is 56.2 Å². The number of esters is 1. The van der Waals surface area contributed by atoms with E-state index in [0.717, 1.165) is 24.9 Å². The highest BCUT2D eigenvalue weighted by molar-refractivity contribution is 7.89. The molecule has 6 aromatic rings. The third-order valence-electron chi connectivity index (χ3n) is 7.69. The minimum Gasteiger partial charge on any atom is -0.426 e. The first-order valence-corrected chi connectivity index (χ1v) is 17.0. The second-order valence-corrected chi connectivity index (χ2v) is 13.8. The molecule has 11 nitrogen and oxygen atoms in total. The number of rotatable bonds is 7. The number of carbonyl (C=O) groups is 1. The number of hydrogen-bond donors (Lipinski definition) is 0. The molecule has 0 radical (unpaired) electrons. The van der Waals surface area contributed by atoms with Gasteiger partial charge in [0.25, 0.3) is 5.56 Å². The lowest BCUT2D eigenvalue weighted by Gasteiger charge is -2.25. The number of para-hydroxylation sites is 2. The minimum atomic E-state index is -3.58. The van der Waals surface area contributed by atoms with Gasteiger partial charge in [0.2, 0.25) is 15.0 Å². The van der Waals surface area contributed by atoms with Crippen LogP contribution in [0.3, 0.4) is 0 Å². The first kappa shape index (κ1) is 29.7. The lowest BCUT2D eigenvalue weighted by atomic mass is 10.1. The number of nitrogens with zero attached hydrogens (tertiary/aromatic N) is 6. The Hall–Kier alpha value is -4.98. The summed E-state index contributed by atoms with van der Waals surface area (Å²) in [5.74, 6) is 0.101. The summed E-state index contributed by atoms with van der Waals surface area (Å²) < 4.78 is 36.7. The lowest BCUT2D eigenvalue weighted by Crippen LogP contribution is -2.35. The first-order valence-electron chi connectivity index (χ1n) is 14.7. The van der Waals surface area contributed by atoms with Crippen LogP contribution in [0.1, 0.15) is 31.7 Å². The van der Waals surface area contributed by atoms with E-state index in [9.17, 15) is 18.0 Å². The van der Waals surface area contributed by atoms with Crippen molar-refractivity contribution < 1.29 is 17.9 Å². The van der Waals surface area contributed by atoms with Crippen molar-refractivity contribution in [1.82, 2.24) is 28.7 Å². The van der Waals surface area contributed by atoms with Crippen LogP contribution < -0.4 is 14.8 Å². The monoisotopic (exact) mass is 652 g/mol. The Morgan fingerprint density at radius 2 is 1.63 bits per heavy atom. The van der Waals surface area contributed by atoms with Gasteiger partial charge in [-0.15, -0.1) is 5.10 Å². The molecule has 0 unspecified atom stereocenters. The molecule has 1 fully saturated rings. The highest BCUT2D eigenvalue weighted by Gasteiger charge is 2.26. The number of piperidine rings is 1. The number of aromatic nitrogens is 5. The van der Waals surface area contributed by atoms with Crippen molar-refractivity contribution in [2.24, 2.45) is 0 Å². The molecule has 0 bridgehead atoms. The highest BCUT2D eigenvalue weighted by atomic mass is 32.2. The van der Waals surface area contributed by atoms with Crippen molar-refractivity contribution in [3.8, 4) is 34.1 Å². The van der Waals surface area contributed by atoms with E-state index in [1.54, 1.807) is 63.6 Å². The smallest absolute Gasteiger partial charge is 0.308 e. The largest absolute Gasteiger partial charge is 0.426 e. The van der Waals surface area contributed by atoms with Gasteiger partial charge in [0.1, 0.15) is 5.75 Å². The summed E-state index contributed by atoms with van der Waals surface area (Å²) in [6.07, 6.45) is 6.34. The van der Waals surface area contributed by atoms with Gasteiger partial charge in [0.15, 0.2) is 5.82 Å². The van der Waals surface area contributed by atoms with Crippen LogP contribution in [0, 0.1) is 0 Å². The van der Waals surface area contributed by atoms with Crippen LogP contribution >= 0.6 is 11.3 Å². The van der Waals surface area contributed by atoms with Gasteiger partial charge in [-0.05, 0) is 55.3 Å². The Kier molecular flexibility index (Phi) is 7.80. The summed E-state index contributed by atoms with van der Waals surface area (Å²) in [4.78, 5) is 30.3. The van der Waals surface area contributed by atoms with E-state index in [1.807, 2.05) is 36.5 Å². The maximum atomic E-state index is 13.5. The van der Waals surface area contributed by atoms with E-state index in [-0.39, 0.29) is 16.3 Å². The third-order valence-corrected chi connectivity index (χ3v) is 10.6. The summed E-state index contributed by atoms with van der Waals surface area (Å²) >= 11 is 1.18. The number of ether oxygens (including phenoxy) is 1. The normalized spacial score (nSPS) is 14.6. The zero-order valence-electron chi connectivity index (χ0n) is 24.7. The molecule has 0 amide bonds. The molecule has 1 aliphatic rings. The Morgan fingerprint density at radius 3 is 2.35 bits per heavy atom. The van der Waals surface area contributed by atoms with Crippen molar-refractivity contribution >= 4 is 38.4 Å². The molecule has 0 N–H and O–H groups in total. The Bertz CT molecular complexity index is 2290. The second-order valence-electron chi connectivity index (χ2n) is 10.8. The summed E-state index contributed by atoms with van der Waals surface area (Å²) in [5, 5.41) is 9.26. The van der Waals surface area contributed by atoms with Crippen LogP contribution in [0.2, 0.25) is 0 Å². The van der Waals surface area contributed by atoms with E-state index in [2.05, 4.69) is 10.1 Å². The standard InChI is InChI=1S/C33H28N6O5S2/c1-22(40)44-28-13-7-6-12-27(28)31-34-33-39(36-31)32(41)29(45-33)20-24-21-38(25-10-4-2-5-11-25)35-30(24)23-14-16-26(17-15-23)46(42,43)37-18-8-3-9-19-37/h2,4-7,10-17,20-21H,3,8-9,18-19H2,1H3/b29-20-. The molecular weight excluding hydrogens is 625 g/mol. The maximum absolute atomic E-state index is 13.5. The van der Waals surface area contributed by atoms with Crippen molar-refractivity contribution in [3.63, 3.8) is 0 Å². The second kappa shape index (κ2) is 12.1. The topological polar surface area (TPSA) is 129 Å². The zero-order valence-corrected chi connectivity index (χ0v) is 26.4. The van der Waals surface area contributed by atoms with Crippen LogP contribution in [0.5, 0.6) is 5.75 Å². The third kappa shape index (κ3) is 5.64. The van der Waals surface area contributed by atoms with Gasteiger partial charge in [-0.1, -0.05) is 60.2 Å². The lowest BCUT2D eigenvalue weighted by molar-refractivity contribution is -0.131. The van der Waals surface area contributed by atoms with Crippen LogP contribution in [-0.2, 0) is 14.8 Å². The quantitative estimate of drug-likeness (QED) is 0.184. The van der Waals surface area contributed by atoms with Crippen molar-refractivity contribution in [2.75, 3.05) is 13.1 Å². The van der Waals surface area contributed by atoms with E-state index in [1.165, 1.54) is 22.8 Å². The molecule has 4 heterocycles. The zero-order chi connectivity index (χ0) is 31.8.